The molecule has 41 heavy (non-hydrogen) atoms. The van der Waals surface area contributed by atoms with Crippen LogP contribution in [0.25, 0.3) is 5.57 Å². The number of rotatable bonds is 15. The van der Waals surface area contributed by atoms with Crippen LogP contribution in [0.1, 0.15) is 71.8 Å². The number of anilines is 2. The quantitative estimate of drug-likeness (QED) is 0.119. The Kier molecular flexibility index (Phi) is 16.4. The first-order valence-electron chi connectivity index (χ1n) is 15.3. The fourth-order valence-electron chi connectivity index (χ4n) is 4.46. The third kappa shape index (κ3) is 11.3. The third-order valence-corrected chi connectivity index (χ3v) is 6.66. The number of hydrogen-bond acceptors (Lipinski definition) is 6. The molecule has 1 aliphatic heterocycles. The molecule has 1 aliphatic rings. The van der Waals surface area contributed by atoms with Crippen molar-refractivity contribution in [2.75, 3.05) is 31.1 Å². The third-order valence-electron chi connectivity index (χ3n) is 6.66. The van der Waals surface area contributed by atoms with Crippen molar-refractivity contribution in [3.05, 3.63) is 108 Å². The summed E-state index contributed by atoms with van der Waals surface area (Å²) < 4.78 is 0. The van der Waals surface area contributed by atoms with Crippen LogP contribution >= 0.6 is 0 Å². The molecule has 0 atom stereocenters. The van der Waals surface area contributed by atoms with Crippen LogP contribution in [0, 0.1) is 0 Å². The smallest absolute Gasteiger partial charge is 0.133 e. The highest BCUT2D eigenvalue weighted by Gasteiger charge is 2.13. The van der Waals surface area contributed by atoms with Gasteiger partial charge in [-0.3, -0.25) is 0 Å². The molecule has 0 saturated heterocycles. The molecule has 0 amide bonds. The van der Waals surface area contributed by atoms with E-state index in [-0.39, 0.29) is 0 Å². The maximum Gasteiger partial charge on any atom is 0.133 e. The van der Waals surface area contributed by atoms with Crippen LogP contribution in [0.2, 0.25) is 0 Å². The number of benzene rings is 1. The van der Waals surface area contributed by atoms with Gasteiger partial charge >= 0.3 is 0 Å². The van der Waals surface area contributed by atoms with Gasteiger partial charge in [0, 0.05) is 31.5 Å². The van der Waals surface area contributed by atoms with Gasteiger partial charge in [-0.15, -0.1) is 0 Å². The highest BCUT2D eigenvalue weighted by atomic mass is 15.3. The lowest BCUT2D eigenvalue weighted by atomic mass is 10.0. The summed E-state index contributed by atoms with van der Waals surface area (Å²) in [6, 6.07) is 14.7. The maximum atomic E-state index is 6.53. The number of nitrogens with one attached hydrogen (secondary N) is 1. The van der Waals surface area contributed by atoms with E-state index in [1.165, 1.54) is 17.6 Å². The molecule has 0 unspecified atom stereocenters. The van der Waals surface area contributed by atoms with E-state index in [9.17, 15) is 0 Å². The lowest BCUT2D eigenvalue weighted by molar-refractivity contribution is 0.408. The van der Waals surface area contributed by atoms with Gasteiger partial charge < -0.3 is 26.6 Å². The van der Waals surface area contributed by atoms with E-state index in [1.807, 2.05) is 38.2 Å². The van der Waals surface area contributed by atoms with E-state index in [1.54, 1.807) is 0 Å². The molecule has 6 heteroatoms. The van der Waals surface area contributed by atoms with Gasteiger partial charge in [-0.1, -0.05) is 75.8 Å². The molecule has 0 radical (unpaired) electrons. The predicted octanol–water partition coefficient (Wildman–Crippen LogP) is 7.63. The zero-order chi connectivity index (χ0) is 29.7. The summed E-state index contributed by atoms with van der Waals surface area (Å²) in [7, 11) is 0. The summed E-state index contributed by atoms with van der Waals surface area (Å²) in [5, 5.41) is 3.52. The lowest BCUT2D eigenvalue weighted by Crippen LogP contribution is -2.36. The molecule has 3 rings (SSSR count). The van der Waals surface area contributed by atoms with Crippen LogP contribution in [0.4, 0.5) is 11.5 Å². The minimum absolute atomic E-state index is 0.655. The van der Waals surface area contributed by atoms with Crippen molar-refractivity contribution in [2.45, 2.75) is 66.2 Å². The van der Waals surface area contributed by atoms with E-state index in [4.69, 9.17) is 11.5 Å². The normalized spacial score (nSPS) is 13.9. The molecule has 222 valence electrons. The summed E-state index contributed by atoms with van der Waals surface area (Å²) in [5.74, 6) is 2.84. The van der Waals surface area contributed by atoms with Crippen molar-refractivity contribution >= 4 is 17.1 Å². The van der Waals surface area contributed by atoms with E-state index >= 15 is 0 Å². The van der Waals surface area contributed by atoms with E-state index in [2.05, 4.69) is 101 Å². The Balaban J connectivity index is 0.00000287. The second-order valence-electron chi connectivity index (χ2n) is 9.58. The summed E-state index contributed by atoms with van der Waals surface area (Å²) in [5.41, 5.74) is 15.6. The number of hydrogen-bond donors (Lipinski definition) is 3. The Morgan fingerprint density at radius 1 is 1.02 bits per heavy atom. The Labute approximate surface area is 249 Å². The van der Waals surface area contributed by atoms with Crippen molar-refractivity contribution in [1.82, 2.24) is 15.2 Å². The molecular formula is C35H52N6. The average molecular weight is 557 g/mol. The second kappa shape index (κ2) is 20.2. The molecule has 5 N–H and O–H groups in total. The van der Waals surface area contributed by atoms with Gasteiger partial charge in [-0.05, 0) is 93.1 Å². The van der Waals surface area contributed by atoms with Gasteiger partial charge in [0.15, 0.2) is 0 Å². The fraction of sp³-hybridized carbons (Fsp3) is 0.400. The van der Waals surface area contributed by atoms with Crippen LogP contribution in [0.15, 0.2) is 103 Å². The zero-order valence-corrected chi connectivity index (χ0v) is 25.7. The molecule has 0 bridgehead atoms. The van der Waals surface area contributed by atoms with Crippen molar-refractivity contribution in [3.8, 4) is 0 Å². The van der Waals surface area contributed by atoms with Gasteiger partial charge in [0.05, 0.1) is 0 Å². The molecule has 1 aromatic carbocycles. The van der Waals surface area contributed by atoms with Crippen molar-refractivity contribution in [2.24, 2.45) is 11.5 Å². The van der Waals surface area contributed by atoms with Gasteiger partial charge in [-0.25, -0.2) is 4.98 Å². The van der Waals surface area contributed by atoms with Gasteiger partial charge in [0.2, 0.25) is 0 Å². The molecule has 0 aliphatic carbocycles. The Bertz CT molecular complexity index is 1130. The maximum absolute atomic E-state index is 6.53. The largest absolute Gasteiger partial charge is 0.385 e. The van der Waals surface area contributed by atoms with E-state index in [0.717, 1.165) is 68.3 Å². The van der Waals surface area contributed by atoms with Gasteiger partial charge in [0.1, 0.15) is 17.5 Å². The minimum atomic E-state index is 0.655. The SMILES string of the molecule is C/C=C(\C=C/CN(C1=CCCCN1)/C(N)=C/CCCC)c1ccc(N(C/C=C\CCN)c2ccccn2)cc1.CC. The van der Waals surface area contributed by atoms with Crippen LogP contribution in [-0.2, 0) is 0 Å². The molecule has 6 nitrogen and oxygen atoms in total. The fourth-order valence-corrected chi connectivity index (χ4v) is 4.46. The standard InChI is InChI=1S/C33H46N6.C2H6/c1-3-5-7-16-31(35)39(33-18-9-12-25-37-33)27-14-15-28(4-2)29-19-21-30(22-20-29)38(26-13-6-10-23-34)32-17-8-11-24-36-32;1-2/h4,6,8,11,13-22,24,37H,3,5,7,9-10,12,23,25-27,34-35H2,1-2H3;1-2H3/b13-6-,15-14-,28-4+,31-16+;. The first kappa shape index (κ1) is 33.4. The van der Waals surface area contributed by atoms with Crippen molar-refractivity contribution in [3.63, 3.8) is 0 Å². The summed E-state index contributed by atoms with van der Waals surface area (Å²) >= 11 is 0. The monoisotopic (exact) mass is 556 g/mol. The Hall–Kier alpha value is -3.77. The van der Waals surface area contributed by atoms with Crippen molar-refractivity contribution < 1.29 is 0 Å². The molecular weight excluding hydrogens is 504 g/mol. The molecule has 2 aromatic rings. The predicted molar refractivity (Wildman–Crippen MR) is 178 cm³/mol. The number of nitrogens with two attached hydrogens (primary N) is 2. The molecule has 2 heterocycles. The average Bonchev–Trinajstić information content (AvgIpc) is 3.03. The summed E-state index contributed by atoms with van der Waals surface area (Å²) in [6.07, 6.45) is 23.5. The van der Waals surface area contributed by atoms with E-state index < -0.39 is 0 Å². The van der Waals surface area contributed by atoms with Gasteiger partial charge in [0.25, 0.3) is 0 Å². The summed E-state index contributed by atoms with van der Waals surface area (Å²) in [4.78, 5) is 8.97. The topological polar surface area (TPSA) is 83.4 Å². The van der Waals surface area contributed by atoms with Crippen LogP contribution < -0.4 is 21.7 Å². The Morgan fingerprint density at radius 3 is 2.46 bits per heavy atom. The minimum Gasteiger partial charge on any atom is -0.385 e. The highest BCUT2D eigenvalue weighted by Crippen LogP contribution is 2.26. The lowest BCUT2D eigenvalue weighted by Gasteiger charge is -2.29. The first-order valence-corrected chi connectivity index (χ1v) is 15.3. The second-order valence-corrected chi connectivity index (χ2v) is 9.58. The number of unbranched alkanes of at least 4 members (excludes halogenated alkanes) is 2. The zero-order valence-electron chi connectivity index (χ0n) is 25.7. The number of nitrogens with zero attached hydrogens (tertiary/aromatic N) is 3. The molecule has 1 aromatic heterocycles. The van der Waals surface area contributed by atoms with Crippen molar-refractivity contribution in [1.29, 1.82) is 0 Å². The molecule has 0 fully saturated rings. The summed E-state index contributed by atoms with van der Waals surface area (Å²) in [6.45, 7) is 11.4. The van der Waals surface area contributed by atoms with Crippen LogP contribution in [0.5, 0.6) is 0 Å². The Morgan fingerprint density at radius 2 is 1.83 bits per heavy atom. The molecule has 0 saturated carbocycles. The number of pyridine rings is 1. The molecule has 0 spiro atoms. The first-order chi connectivity index (χ1) is 20.2. The highest BCUT2D eigenvalue weighted by molar-refractivity contribution is 5.75. The number of aromatic nitrogens is 1. The van der Waals surface area contributed by atoms with Crippen LogP contribution in [-0.4, -0.2) is 36.1 Å². The number of allylic oxidation sites excluding steroid dienone is 5. The van der Waals surface area contributed by atoms with E-state index in [0.29, 0.717) is 13.1 Å². The van der Waals surface area contributed by atoms with Gasteiger partial charge in [-0.2, -0.15) is 0 Å². The van der Waals surface area contributed by atoms with Crippen LogP contribution in [0.3, 0.4) is 0 Å².